The molecule has 1 fully saturated rings. The van der Waals surface area contributed by atoms with Gasteiger partial charge in [0.1, 0.15) is 5.82 Å². The standard InChI is InChI=1S/C12H11N7/c1-2-4-9(12-16-18-19-17-12)8(3-1)11-13-10(14-15-11)7-5-6-7/h1-4,7H,5-6H2,(H,13,14,15)(H,16,17,18,19). The molecule has 3 aromatic rings. The Balaban J connectivity index is 1.81. The second-order valence-electron chi connectivity index (χ2n) is 4.60. The molecule has 7 heteroatoms. The first-order chi connectivity index (χ1) is 9.42. The molecule has 0 atom stereocenters. The van der Waals surface area contributed by atoms with E-state index < -0.39 is 0 Å². The van der Waals surface area contributed by atoms with Crippen LogP contribution in [0.3, 0.4) is 0 Å². The molecule has 2 aromatic heterocycles. The Bertz CT molecular complexity index is 696. The quantitative estimate of drug-likeness (QED) is 0.737. The van der Waals surface area contributed by atoms with E-state index >= 15 is 0 Å². The van der Waals surface area contributed by atoms with Gasteiger partial charge >= 0.3 is 0 Å². The zero-order chi connectivity index (χ0) is 12.7. The minimum Gasteiger partial charge on any atom is -0.262 e. The molecule has 0 amide bonds. The van der Waals surface area contributed by atoms with E-state index in [0.29, 0.717) is 17.6 Å². The average Bonchev–Trinajstić information content (AvgIpc) is 2.97. The fourth-order valence-electron chi connectivity index (χ4n) is 2.08. The van der Waals surface area contributed by atoms with E-state index in [-0.39, 0.29) is 0 Å². The van der Waals surface area contributed by atoms with Gasteiger partial charge in [-0.2, -0.15) is 10.3 Å². The molecular formula is C12H11N7. The predicted molar refractivity (Wildman–Crippen MR) is 67.0 cm³/mol. The Hall–Kier alpha value is -2.57. The Morgan fingerprint density at radius 1 is 1.00 bits per heavy atom. The van der Waals surface area contributed by atoms with Crippen molar-refractivity contribution in [1.29, 1.82) is 0 Å². The summed E-state index contributed by atoms with van der Waals surface area (Å²) < 4.78 is 0. The molecule has 0 aliphatic heterocycles. The monoisotopic (exact) mass is 253 g/mol. The fourth-order valence-corrected chi connectivity index (χ4v) is 2.08. The summed E-state index contributed by atoms with van der Waals surface area (Å²) in [6.07, 6.45) is 2.39. The molecule has 7 nitrogen and oxygen atoms in total. The van der Waals surface area contributed by atoms with Crippen molar-refractivity contribution >= 4 is 0 Å². The lowest BCUT2D eigenvalue weighted by Crippen LogP contribution is -1.89. The average molecular weight is 253 g/mol. The normalized spacial score (nSPS) is 14.7. The number of aromatic nitrogens is 7. The summed E-state index contributed by atoms with van der Waals surface area (Å²) >= 11 is 0. The molecule has 94 valence electrons. The number of aromatic amines is 2. The first-order valence-corrected chi connectivity index (χ1v) is 6.17. The van der Waals surface area contributed by atoms with Crippen molar-refractivity contribution in [3.8, 4) is 22.8 Å². The van der Waals surface area contributed by atoms with Crippen molar-refractivity contribution in [3.63, 3.8) is 0 Å². The van der Waals surface area contributed by atoms with Gasteiger partial charge in [0, 0.05) is 17.0 Å². The van der Waals surface area contributed by atoms with Gasteiger partial charge in [-0.05, 0) is 18.1 Å². The van der Waals surface area contributed by atoms with Gasteiger partial charge in [-0.1, -0.05) is 24.3 Å². The second-order valence-corrected chi connectivity index (χ2v) is 4.60. The third-order valence-electron chi connectivity index (χ3n) is 3.22. The molecular weight excluding hydrogens is 242 g/mol. The maximum absolute atomic E-state index is 4.56. The maximum Gasteiger partial charge on any atom is 0.205 e. The first-order valence-electron chi connectivity index (χ1n) is 6.17. The van der Waals surface area contributed by atoms with Crippen molar-refractivity contribution in [2.75, 3.05) is 0 Å². The number of nitrogens with one attached hydrogen (secondary N) is 2. The molecule has 2 heterocycles. The van der Waals surface area contributed by atoms with Crippen LogP contribution in [-0.2, 0) is 0 Å². The molecule has 1 aromatic carbocycles. The van der Waals surface area contributed by atoms with Crippen molar-refractivity contribution in [2.24, 2.45) is 0 Å². The highest BCUT2D eigenvalue weighted by Gasteiger charge is 2.27. The van der Waals surface area contributed by atoms with Gasteiger partial charge in [0.2, 0.25) is 5.82 Å². The number of H-pyrrole nitrogens is 2. The number of nitrogens with zero attached hydrogens (tertiary/aromatic N) is 5. The van der Waals surface area contributed by atoms with Gasteiger partial charge in [0.05, 0.1) is 0 Å². The first kappa shape index (κ1) is 10.4. The summed E-state index contributed by atoms with van der Waals surface area (Å²) in [5, 5.41) is 21.4. The van der Waals surface area contributed by atoms with Crippen molar-refractivity contribution in [3.05, 3.63) is 30.1 Å². The predicted octanol–water partition coefficient (Wildman–Crippen LogP) is 1.53. The lowest BCUT2D eigenvalue weighted by Gasteiger charge is -2.01. The van der Waals surface area contributed by atoms with E-state index in [2.05, 4.69) is 35.8 Å². The van der Waals surface area contributed by atoms with Gasteiger partial charge in [-0.25, -0.2) is 4.98 Å². The number of hydrogen-bond donors (Lipinski definition) is 2. The Kier molecular flexibility index (Phi) is 2.17. The van der Waals surface area contributed by atoms with Gasteiger partial charge in [-0.3, -0.25) is 5.10 Å². The summed E-state index contributed by atoms with van der Waals surface area (Å²) in [6.45, 7) is 0. The van der Waals surface area contributed by atoms with Crippen molar-refractivity contribution < 1.29 is 0 Å². The molecule has 0 saturated heterocycles. The van der Waals surface area contributed by atoms with Crippen LogP contribution in [0.5, 0.6) is 0 Å². The highest BCUT2D eigenvalue weighted by atomic mass is 15.5. The summed E-state index contributed by atoms with van der Waals surface area (Å²) in [6, 6.07) is 7.79. The summed E-state index contributed by atoms with van der Waals surface area (Å²) in [7, 11) is 0. The van der Waals surface area contributed by atoms with E-state index in [1.165, 1.54) is 12.8 Å². The molecule has 2 N–H and O–H groups in total. The molecule has 4 rings (SSSR count). The van der Waals surface area contributed by atoms with Crippen molar-refractivity contribution in [2.45, 2.75) is 18.8 Å². The summed E-state index contributed by atoms with van der Waals surface area (Å²) in [5.41, 5.74) is 1.78. The molecule has 19 heavy (non-hydrogen) atoms. The summed E-state index contributed by atoms with van der Waals surface area (Å²) in [4.78, 5) is 4.56. The summed E-state index contributed by atoms with van der Waals surface area (Å²) in [5.74, 6) is 2.76. The minimum absolute atomic E-state index is 0.549. The maximum atomic E-state index is 4.56. The van der Waals surface area contributed by atoms with E-state index in [4.69, 9.17) is 0 Å². The Morgan fingerprint density at radius 2 is 1.79 bits per heavy atom. The number of benzene rings is 1. The van der Waals surface area contributed by atoms with E-state index in [9.17, 15) is 0 Å². The van der Waals surface area contributed by atoms with Crippen LogP contribution in [0.4, 0.5) is 0 Å². The lowest BCUT2D eigenvalue weighted by atomic mass is 10.1. The van der Waals surface area contributed by atoms with Crippen molar-refractivity contribution in [1.82, 2.24) is 35.8 Å². The van der Waals surface area contributed by atoms with Gasteiger partial charge < -0.3 is 0 Å². The van der Waals surface area contributed by atoms with E-state index in [1.807, 2.05) is 24.3 Å². The Labute approximate surface area is 108 Å². The fraction of sp³-hybridized carbons (Fsp3) is 0.250. The van der Waals surface area contributed by atoms with Gasteiger partial charge in [-0.15, -0.1) is 10.2 Å². The van der Waals surface area contributed by atoms with E-state index in [1.54, 1.807) is 0 Å². The minimum atomic E-state index is 0.549. The van der Waals surface area contributed by atoms with E-state index in [0.717, 1.165) is 17.0 Å². The SMILES string of the molecule is c1ccc(-c2n[nH]c(C3CC3)n2)c(-c2nn[nH]n2)c1. The number of rotatable bonds is 3. The topological polar surface area (TPSA) is 96.0 Å². The highest BCUT2D eigenvalue weighted by molar-refractivity contribution is 5.76. The largest absolute Gasteiger partial charge is 0.262 e. The van der Waals surface area contributed by atoms with Crippen LogP contribution in [0, 0.1) is 0 Å². The molecule has 0 bridgehead atoms. The molecule has 0 radical (unpaired) electrons. The Morgan fingerprint density at radius 3 is 2.47 bits per heavy atom. The molecule has 1 aliphatic carbocycles. The second kappa shape index (κ2) is 3.98. The van der Waals surface area contributed by atoms with Crippen LogP contribution in [0.1, 0.15) is 24.6 Å². The smallest absolute Gasteiger partial charge is 0.205 e. The van der Waals surface area contributed by atoms with Crippen LogP contribution in [-0.4, -0.2) is 35.8 Å². The van der Waals surface area contributed by atoms with Crippen LogP contribution in [0.15, 0.2) is 24.3 Å². The van der Waals surface area contributed by atoms with Gasteiger partial charge in [0.15, 0.2) is 5.82 Å². The number of hydrogen-bond acceptors (Lipinski definition) is 5. The third kappa shape index (κ3) is 1.79. The lowest BCUT2D eigenvalue weighted by molar-refractivity contribution is 0.881. The van der Waals surface area contributed by atoms with Crippen LogP contribution < -0.4 is 0 Å². The molecule has 0 unspecified atom stereocenters. The van der Waals surface area contributed by atoms with Crippen LogP contribution in [0.2, 0.25) is 0 Å². The molecule has 1 aliphatic rings. The van der Waals surface area contributed by atoms with Gasteiger partial charge in [0.25, 0.3) is 0 Å². The molecule has 0 spiro atoms. The van der Waals surface area contributed by atoms with Crippen LogP contribution in [0.25, 0.3) is 22.8 Å². The zero-order valence-electron chi connectivity index (χ0n) is 10.0. The number of tetrazole rings is 1. The third-order valence-corrected chi connectivity index (χ3v) is 3.22. The van der Waals surface area contributed by atoms with Crippen LogP contribution >= 0.6 is 0 Å². The highest BCUT2D eigenvalue weighted by Crippen LogP contribution is 2.38. The molecule has 1 saturated carbocycles. The zero-order valence-corrected chi connectivity index (χ0v) is 10.0.